The molecular formula is C17H23NS. The fraction of sp³-hybridized carbons (Fsp3) is 0.529. The minimum atomic E-state index is 0.734. The van der Waals surface area contributed by atoms with Crippen molar-refractivity contribution in [3.05, 3.63) is 35.2 Å². The number of hydrogen-bond acceptors (Lipinski definition) is 2. The predicted octanol–water partition coefficient (Wildman–Crippen LogP) is 4.61. The van der Waals surface area contributed by atoms with Crippen LogP contribution in [-0.2, 0) is 6.42 Å². The first kappa shape index (κ1) is 13.1. The van der Waals surface area contributed by atoms with Crippen LogP contribution in [-0.4, -0.2) is 13.1 Å². The fourth-order valence-electron chi connectivity index (χ4n) is 3.41. The third kappa shape index (κ3) is 3.01. The zero-order chi connectivity index (χ0) is 13.1. The van der Waals surface area contributed by atoms with E-state index in [0.29, 0.717) is 0 Å². The van der Waals surface area contributed by atoms with Crippen LogP contribution >= 0.6 is 11.3 Å². The summed E-state index contributed by atoms with van der Waals surface area (Å²) in [5.41, 5.74) is 1.57. The van der Waals surface area contributed by atoms with Gasteiger partial charge in [-0.2, -0.15) is 0 Å². The molecule has 1 N–H and O–H groups in total. The molecule has 0 saturated heterocycles. The number of thiophene rings is 1. The van der Waals surface area contributed by atoms with Crippen LogP contribution in [0.4, 0.5) is 0 Å². The molecule has 0 amide bonds. The lowest BCUT2D eigenvalue weighted by Crippen LogP contribution is -2.26. The molecule has 1 aromatic heterocycles. The summed E-state index contributed by atoms with van der Waals surface area (Å²) in [7, 11) is 2.12. The van der Waals surface area contributed by atoms with Gasteiger partial charge in [-0.05, 0) is 54.6 Å². The van der Waals surface area contributed by atoms with Gasteiger partial charge in [-0.1, -0.05) is 37.5 Å². The highest BCUT2D eigenvalue weighted by Crippen LogP contribution is 2.32. The quantitative estimate of drug-likeness (QED) is 0.805. The highest BCUT2D eigenvalue weighted by Gasteiger charge is 2.20. The van der Waals surface area contributed by atoms with Gasteiger partial charge in [0.05, 0.1) is 0 Å². The Labute approximate surface area is 120 Å². The van der Waals surface area contributed by atoms with E-state index in [2.05, 4.69) is 42.0 Å². The Morgan fingerprint density at radius 3 is 2.95 bits per heavy atom. The number of hydrogen-bond donors (Lipinski definition) is 1. The van der Waals surface area contributed by atoms with Crippen LogP contribution < -0.4 is 5.32 Å². The average molecular weight is 273 g/mol. The number of rotatable bonds is 3. The molecule has 1 aliphatic rings. The van der Waals surface area contributed by atoms with E-state index in [1.807, 2.05) is 11.3 Å². The molecule has 1 aliphatic carbocycles. The summed E-state index contributed by atoms with van der Waals surface area (Å²) in [4.78, 5) is 0. The third-order valence-electron chi connectivity index (χ3n) is 4.51. The molecule has 1 fully saturated rings. The molecule has 0 spiro atoms. The summed E-state index contributed by atoms with van der Waals surface area (Å²) in [5, 5.41) is 7.36. The van der Waals surface area contributed by atoms with E-state index in [1.54, 1.807) is 5.56 Å². The lowest BCUT2D eigenvalue weighted by atomic mass is 9.91. The second kappa shape index (κ2) is 6.06. The predicted molar refractivity (Wildman–Crippen MR) is 85.0 cm³/mol. The van der Waals surface area contributed by atoms with Gasteiger partial charge in [0.2, 0.25) is 0 Å². The number of fused-ring (bicyclic) bond motifs is 1. The van der Waals surface area contributed by atoms with Crippen molar-refractivity contribution in [2.45, 2.75) is 44.6 Å². The van der Waals surface area contributed by atoms with Crippen molar-refractivity contribution in [1.29, 1.82) is 0 Å². The molecule has 1 heterocycles. The Morgan fingerprint density at radius 1 is 1.21 bits per heavy atom. The maximum absolute atomic E-state index is 3.49. The van der Waals surface area contributed by atoms with Crippen molar-refractivity contribution in [3.8, 4) is 0 Å². The first-order chi connectivity index (χ1) is 9.36. The van der Waals surface area contributed by atoms with Crippen LogP contribution in [0.3, 0.4) is 0 Å². The summed E-state index contributed by atoms with van der Waals surface area (Å²) >= 11 is 1.90. The van der Waals surface area contributed by atoms with Gasteiger partial charge in [-0.25, -0.2) is 0 Å². The molecule has 0 bridgehead atoms. The summed E-state index contributed by atoms with van der Waals surface area (Å²) in [6.07, 6.45) is 8.18. The summed E-state index contributed by atoms with van der Waals surface area (Å²) < 4.78 is 1.44. The minimum absolute atomic E-state index is 0.734. The summed E-state index contributed by atoms with van der Waals surface area (Å²) in [6.45, 7) is 0. The molecule has 3 rings (SSSR count). The first-order valence-corrected chi connectivity index (χ1v) is 8.37. The Bertz CT molecular complexity index is 531. The average Bonchev–Trinajstić information content (AvgIpc) is 2.70. The minimum Gasteiger partial charge on any atom is -0.317 e. The largest absolute Gasteiger partial charge is 0.317 e. The van der Waals surface area contributed by atoms with Crippen LogP contribution in [0.15, 0.2) is 29.6 Å². The SMILES string of the molecule is CNC1CCCCC(Cc2csc3ccccc23)C1. The van der Waals surface area contributed by atoms with Gasteiger partial charge in [0.15, 0.2) is 0 Å². The fourth-order valence-corrected chi connectivity index (χ4v) is 4.39. The van der Waals surface area contributed by atoms with Gasteiger partial charge in [0.25, 0.3) is 0 Å². The van der Waals surface area contributed by atoms with Gasteiger partial charge in [0.1, 0.15) is 0 Å². The van der Waals surface area contributed by atoms with E-state index in [0.717, 1.165) is 12.0 Å². The highest BCUT2D eigenvalue weighted by atomic mass is 32.1. The zero-order valence-corrected chi connectivity index (χ0v) is 12.5. The smallest absolute Gasteiger partial charge is 0.0345 e. The van der Waals surface area contributed by atoms with E-state index in [-0.39, 0.29) is 0 Å². The molecule has 1 saturated carbocycles. The molecule has 0 radical (unpaired) electrons. The molecule has 1 nitrogen and oxygen atoms in total. The van der Waals surface area contributed by atoms with Crippen LogP contribution in [0.5, 0.6) is 0 Å². The van der Waals surface area contributed by atoms with E-state index in [4.69, 9.17) is 0 Å². The van der Waals surface area contributed by atoms with E-state index >= 15 is 0 Å². The molecule has 0 aliphatic heterocycles. The van der Waals surface area contributed by atoms with E-state index in [9.17, 15) is 0 Å². The van der Waals surface area contributed by atoms with Gasteiger partial charge in [0, 0.05) is 10.7 Å². The molecule has 102 valence electrons. The van der Waals surface area contributed by atoms with Crippen molar-refractivity contribution in [1.82, 2.24) is 5.32 Å². The lowest BCUT2D eigenvalue weighted by Gasteiger charge is -2.19. The summed E-state index contributed by atoms with van der Waals surface area (Å²) in [5.74, 6) is 0.859. The highest BCUT2D eigenvalue weighted by molar-refractivity contribution is 7.17. The second-order valence-corrected chi connectivity index (χ2v) is 6.74. The molecule has 19 heavy (non-hydrogen) atoms. The number of benzene rings is 1. The molecule has 1 aromatic carbocycles. The Kier molecular flexibility index (Phi) is 4.19. The maximum Gasteiger partial charge on any atom is 0.0345 e. The van der Waals surface area contributed by atoms with E-state index < -0.39 is 0 Å². The molecule has 2 aromatic rings. The Hall–Kier alpha value is -0.860. The molecule has 2 heteroatoms. The van der Waals surface area contributed by atoms with E-state index in [1.165, 1.54) is 48.6 Å². The monoisotopic (exact) mass is 273 g/mol. The van der Waals surface area contributed by atoms with Gasteiger partial charge in [-0.15, -0.1) is 11.3 Å². The van der Waals surface area contributed by atoms with Crippen molar-refractivity contribution in [3.63, 3.8) is 0 Å². The number of nitrogens with one attached hydrogen (secondary N) is 1. The van der Waals surface area contributed by atoms with Crippen LogP contribution in [0.1, 0.15) is 37.7 Å². The van der Waals surface area contributed by atoms with Crippen molar-refractivity contribution >= 4 is 21.4 Å². The molecule has 2 atom stereocenters. The van der Waals surface area contributed by atoms with Crippen molar-refractivity contribution in [2.75, 3.05) is 7.05 Å². The van der Waals surface area contributed by atoms with Gasteiger partial charge in [-0.3, -0.25) is 0 Å². The van der Waals surface area contributed by atoms with Gasteiger partial charge >= 0.3 is 0 Å². The molecular weight excluding hydrogens is 250 g/mol. The normalized spacial score (nSPS) is 24.5. The topological polar surface area (TPSA) is 12.0 Å². The third-order valence-corrected chi connectivity index (χ3v) is 5.52. The first-order valence-electron chi connectivity index (χ1n) is 7.49. The van der Waals surface area contributed by atoms with Gasteiger partial charge < -0.3 is 5.32 Å². The summed E-state index contributed by atoms with van der Waals surface area (Å²) in [6, 6.07) is 9.57. The zero-order valence-electron chi connectivity index (χ0n) is 11.7. The van der Waals surface area contributed by atoms with Crippen LogP contribution in [0.2, 0.25) is 0 Å². The standard InChI is InChI=1S/C17H23NS/c1-18-15-7-3-2-6-13(11-15)10-14-12-19-17-9-5-4-8-16(14)17/h4-5,8-9,12-13,15,18H,2-3,6-7,10-11H2,1H3. The molecule has 2 unspecified atom stereocenters. The maximum atomic E-state index is 3.49. The van der Waals surface area contributed by atoms with Crippen molar-refractivity contribution < 1.29 is 0 Å². The van der Waals surface area contributed by atoms with Crippen molar-refractivity contribution in [2.24, 2.45) is 5.92 Å². The lowest BCUT2D eigenvalue weighted by molar-refractivity contribution is 0.401. The Balaban J connectivity index is 1.76. The van der Waals surface area contributed by atoms with Crippen LogP contribution in [0, 0.1) is 5.92 Å². The second-order valence-electron chi connectivity index (χ2n) is 5.83. The Morgan fingerprint density at radius 2 is 2.05 bits per heavy atom. The van der Waals surface area contributed by atoms with Crippen LogP contribution in [0.25, 0.3) is 10.1 Å².